The number of aromatic nitrogens is 3. The second kappa shape index (κ2) is 6.27. The molecule has 2 aromatic rings. The van der Waals surface area contributed by atoms with Crippen molar-refractivity contribution < 1.29 is 0 Å². The van der Waals surface area contributed by atoms with Gasteiger partial charge in [-0.1, -0.05) is 6.92 Å². The summed E-state index contributed by atoms with van der Waals surface area (Å²) in [5.74, 6) is 0. The number of halogens is 1. The Morgan fingerprint density at radius 1 is 1.38 bits per heavy atom. The van der Waals surface area contributed by atoms with Gasteiger partial charge in [0.2, 0.25) is 0 Å². The Morgan fingerprint density at radius 2 is 2.10 bits per heavy atom. The highest BCUT2D eigenvalue weighted by atomic mass is 79.9. The van der Waals surface area contributed by atoms with Gasteiger partial charge in [-0.25, -0.2) is 0 Å². The first kappa shape index (κ1) is 15.5. The molecule has 0 saturated heterocycles. The van der Waals surface area contributed by atoms with Crippen LogP contribution in [0.15, 0.2) is 21.4 Å². The molecule has 0 N–H and O–H groups in total. The molecule has 0 atom stereocenters. The Labute approximate surface area is 132 Å². The third kappa shape index (κ3) is 2.79. The molecule has 0 amide bonds. The van der Waals surface area contributed by atoms with Crippen LogP contribution in [0.2, 0.25) is 0 Å². The molecule has 0 aromatic carbocycles. The monoisotopic (exact) mass is 348 g/mol. The Hall–Kier alpha value is -1.87. The van der Waals surface area contributed by atoms with Crippen molar-refractivity contribution in [2.24, 2.45) is 0 Å². The third-order valence-corrected chi connectivity index (χ3v) is 4.43. The molecule has 2 aromatic heterocycles. The van der Waals surface area contributed by atoms with Gasteiger partial charge < -0.3 is 4.57 Å². The second-order valence-electron chi connectivity index (χ2n) is 4.77. The fraction of sp³-hybridized carbons (Fsp3) is 0.400. The largest absolute Gasteiger partial charge is 0.306 e. The average molecular weight is 349 g/mol. The summed E-state index contributed by atoms with van der Waals surface area (Å²) >= 11 is 3.58. The van der Waals surface area contributed by atoms with E-state index in [-0.39, 0.29) is 11.1 Å². The second-order valence-corrected chi connectivity index (χ2v) is 5.56. The number of pyridine rings is 1. The molecule has 6 heteroatoms. The van der Waals surface area contributed by atoms with Crippen LogP contribution in [0.4, 0.5) is 0 Å². The van der Waals surface area contributed by atoms with Crippen molar-refractivity contribution >= 4 is 15.9 Å². The van der Waals surface area contributed by atoms with Crippen LogP contribution in [0.3, 0.4) is 0 Å². The Bertz CT molecular complexity index is 767. The van der Waals surface area contributed by atoms with E-state index in [1.807, 2.05) is 31.5 Å². The van der Waals surface area contributed by atoms with Gasteiger partial charge in [-0.3, -0.25) is 9.48 Å². The van der Waals surface area contributed by atoms with E-state index < -0.39 is 0 Å². The molecule has 0 unspecified atom stereocenters. The van der Waals surface area contributed by atoms with Gasteiger partial charge in [-0.2, -0.15) is 10.4 Å². The smallest absolute Gasteiger partial charge is 0.269 e. The zero-order valence-corrected chi connectivity index (χ0v) is 13.9. The van der Waals surface area contributed by atoms with Gasteiger partial charge in [0.05, 0.1) is 22.4 Å². The summed E-state index contributed by atoms with van der Waals surface area (Å²) in [5, 5.41) is 13.5. The number of nitriles is 1. The van der Waals surface area contributed by atoms with Gasteiger partial charge in [0.25, 0.3) is 5.56 Å². The van der Waals surface area contributed by atoms with Crippen molar-refractivity contribution in [3.8, 4) is 6.07 Å². The van der Waals surface area contributed by atoms with Crippen LogP contribution < -0.4 is 5.56 Å². The molecular formula is C15H17BrN4O. The lowest BCUT2D eigenvalue weighted by Crippen LogP contribution is -2.26. The lowest BCUT2D eigenvalue weighted by Gasteiger charge is -2.11. The van der Waals surface area contributed by atoms with Gasteiger partial charge in [0.1, 0.15) is 11.6 Å². The maximum atomic E-state index is 12.3. The predicted octanol–water partition coefficient (Wildman–Crippen LogP) is 2.62. The highest BCUT2D eigenvalue weighted by Gasteiger charge is 2.16. The van der Waals surface area contributed by atoms with E-state index in [0.717, 1.165) is 34.5 Å². The minimum absolute atomic E-state index is 0.162. The van der Waals surface area contributed by atoms with Crippen molar-refractivity contribution in [3.05, 3.63) is 49.6 Å². The molecule has 0 bridgehead atoms. The summed E-state index contributed by atoms with van der Waals surface area (Å²) < 4.78 is 4.46. The van der Waals surface area contributed by atoms with E-state index in [1.54, 1.807) is 16.7 Å². The van der Waals surface area contributed by atoms with Gasteiger partial charge >= 0.3 is 0 Å². The van der Waals surface area contributed by atoms with E-state index in [0.29, 0.717) is 6.54 Å². The number of aryl methyl sites for hydroxylation is 3. The molecule has 0 spiro atoms. The molecule has 5 nitrogen and oxygen atoms in total. The van der Waals surface area contributed by atoms with Gasteiger partial charge in [0.15, 0.2) is 0 Å². The average Bonchev–Trinajstić information content (AvgIpc) is 2.79. The topological polar surface area (TPSA) is 63.6 Å². The van der Waals surface area contributed by atoms with E-state index in [2.05, 4.69) is 21.0 Å². The quantitative estimate of drug-likeness (QED) is 0.852. The zero-order valence-electron chi connectivity index (χ0n) is 12.4. The van der Waals surface area contributed by atoms with Crippen LogP contribution in [-0.2, 0) is 19.5 Å². The number of hydrogen-bond donors (Lipinski definition) is 0. The van der Waals surface area contributed by atoms with Crippen LogP contribution in [0.5, 0.6) is 0 Å². The Kier molecular flexibility index (Phi) is 4.63. The van der Waals surface area contributed by atoms with Gasteiger partial charge in [-0.15, -0.1) is 0 Å². The molecule has 21 heavy (non-hydrogen) atoms. The molecule has 2 heterocycles. The Balaban J connectivity index is 2.56. The van der Waals surface area contributed by atoms with E-state index in [9.17, 15) is 4.79 Å². The molecule has 0 aliphatic rings. The first-order valence-electron chi connectivity index (χ1n) is 6.88. The summed E-state index contributed by atoms with van der Waals surface area (Å²) in [7, 11) is 0. The molecule has 0 radical (unpaired) electrons. The molecular weight excluding hydrogens is 332 g/mol. The van der Waals surface area contributed by atoms with Crippen molar-refractivity contribution in [3.63, 3.8) is 0 Å². The number of hydrogen-bond acceptors (Lipinski definition) is 3. The molecule has 110 valence electrons. The first-order valence-corrected chi connectivity index (χ1v) is 7.67. The minimum Gasteiger partial charge on any atom is -0.306 e. The van der Waals surface area contributed by atoms with Crippen LogP contribution >= 0.6 is 15.9 Å². The SMILES string of the molecule is CCc1nn(CC)c(Cn2c(C)ccc(C#N)c2=O)c1Br. The maximum Gasteiger partial charge on any atom is 0.269 e. The van der Waals surface area contributed by atoms with Gasteiger partial charge in [0, 0.05) is 12.2 Å². The third-order valence-electron chi connectivity index (χ3n) is 3.51. The highest BCUT2D eigenvalue weighted by Crippen LogP contribution is 2.23. The standard InChI is InChI=1S/C15H17BrN4O/c1-4-12-14(16)13(20(5-2)18-12)9-19-10(3)6-7-11(8-17)15(19)21/h6-7H,4-5,9H2,1-3H3. The molecule has 0 fully saturated rings. The van der Waals surface area contributed by atoms with E-state index in [4.69, 9.17) is 5.26 Å². The molecule has 0 aliphatic carbocycles. The normalized spacial score (nSPS) is 10.6. The Morgan fingerprint density at radius 3 is 2.67 bits per heavy atom. The number of nitrogens with zero attached hydrogens (tertiary/aromatic N) is 4. The maximum absolute atomic E-state index is 12.3. The lowest BCUT2D eigenvalue weighted by molar-refractivity contribution is 0.583. The lowest BCUT2D eigenvalue weighted by atomic mass is 10.2. The van der Waals surface area contributed by atoms with Crippen molar-refractivity contribution in [1.82, 2.24) is 14.3 Å². The fourth-order valence-corrected chi connectivity index (χ4v) is 2.96. The highest BCUT2D eigenvalue weighted by molar-refractivity contribution is 9.10. The van der Waals surface area contributed by atoms with Crippen LogP contribution in [-0.4, -0.2) is 14.3 Å². The van der Waals surface area contributed by atoms with Crippen molar-refractivity contribution in [2.75, 3.05) is 0 Å². The van der Waals surface area contributed by atoms with Gasteiger partial charge in [-0.05, 0) is 48.3 Å². The summed E-state index contributed by atoms with van der Waals surface area (Å²) in [5.41, 5.74) is 2.66. The summed E-state index contributed by atoms with van der Waals surface area (Å²) in [6, 6.07) is 5.30. The minimum atomic E-state index is -0.258. The van der Waals surface area contributed by atoms with Crippen molar-refractivity contribution in [1.29, 1.82) is 5.26 Å². The first-order chi connectivity index (χ1) is 10.0. The molecule has 2 rings (SSSR count). The fourth-order valence-electron chi connectivity index (χ4n) is 2.27. The van der Waals surface area contributed by atoms with Crippen molar-refractivity contribution in [2.45, 2.75) is 40.3 Å². The summed E-state index contributed by atoms with van der Waals surface area (Å²) in [6.07, 6.45) is 0.826. The summed E-state index contributed by atoms with van der Waals surface area (Å²) in [4.78, 5) is 12.3. The van der Waals surface area contributed by atoms with Crippen LogP contribution in [0.25, 0.3) is 0 Å². The zero-order chi connectivity index (χ0) is 15.6. The molecule has 0 saturated carbocycles. The predicted molar refractivity (Wildman–Crippen MR) is 84.2 cm³/mol. The summed E-state index contributed by atoms with van der Waals surface area (Å²) in [6.45, 7) is 7.07. The number of rotatable bonds is 4. The molecule has 0 aliphatic heterocycles. The van der Waals surface area contributed by atoms with E-state index >= 15 is 0 Å². The van der Waals surface area contributed by atoms with Crippen LogP contribution in [0.1, 0.15) is 36.5 Å². The van der Waals surface area contributed by atoms with E-state index in [1.165, 1.54) is 0 Å². The van der Waals surface area contributed by atoms with Crippen LogP contribution in [0, 0.1) is 18.3 Å².